The van der Waals surface area contributed by atoms with Gasteiger partial charge in [0, 0.05) is 45.2 Å². The fourth-order valence-electron chi connectivity index (χ4n) is 4.48. The Labute approximate surface area is 185 Å². The number of nitrogens with zero attached hydrogens (tertiary/aromatic N) is 6. The Morgan fingerprint density at radius 1 is 1.19 bits per heavy atom. The molecule has 0 bridgehead atoms. The van der Waals surface area contributed by atoms with Crippen LogP contribution in [0.4, 0.5) is 11.6 Å². The van der Waals surface area contributed by atoms with Crippen molar-refractivity contribution in [2.24, 2.45) is 17.8 Å². The minimum absolute atomic E-state index is 0.125. The Balaban J connectivity index is 1.33. The van der Waals surface area contributed by atoms with E-state index in [1.807, 2.05) is 31.3 Å². The molecule has 32 heavy (non-hydrogen) atoms. The van der Waals surface area contributed by atoms with Crippen molar-refractivity contribution in [3.63, 3.8) is 0 Å². The normalized spacial score (nSPS) is 21.5. The molecule has 5 rings (SSSR count). The average molecular weight is 435 g/mol. The lowest BCUT2D eigenvalue weighted by Crippen LogP contribution is -2.31. The molecule has 3 N–H and O–H groups in total. The van der Waals surface area contributed by atoms with Gasteiger partial charge in [-0.25, -0.2) is 9.97 Å². The van der Waals surface area contributed by atoms with Crippen molar-refractivity contribution >= 4 is 17.5 Å². The molecule has 2 aromatic heterocycles. The van der Waals surface area contributed by atoms with Crippen LogP contribution in [0.1, 0.15) is 5.56 Å². The first-order valence-electron chi connectivity index (χ1n) is 10.6. The molecule has 1 aliphatic heterocycles. The van der Waals surface area contributed by atoms with Gasteiger partial charge in [-0.3, -0.25) is 4.79 Å². The molecule has 3 heterocycles. The monoisotopic (exact) mass is 434 g/mol. The zero-order valence-electron chi connectivity index (χ0n) is 18.3. The average Bonchev–Trinajstić information content (AvgIpc) is 3.13. The van der Waals surface area contributed by atoms with Gasteiger partial charge in [0.1, 0.15) is 5.82 Å². The Hall–Kier alpha value is -3.53. The maximum absolute atomic E-state index is 12.2. The molecule has 166 valence electrons. The number of amides is 1. The van der Waals surface area contributed by atoms with Crippen LogP contribution >= 0.6 is 0 Å². The number of anilines is 2. The molecule has 1 aliphatic carbocycles. The number of nitrogen functional groups attached to an aromatic ring is 1. The van der Waals surface area contributed by atoms with Crippen molar-refractivity contribution in [2.75, 3.05) is 44.9 Å². The van der Waals surface area contributed by atoms with Crippen molar-refractivity contribution in [1.82, 2.24) is 30.4 Å². The molecule has 1 aromatic carbocycles. The van der Waals surface area contributed by atoms with Crippen molar-refractivity contribution in [1.29, 1.82) is 0 Å². The van der Waals surface area contributed by atoms with Gasteiger partial charge in [0.2, 0.25) is 11.8 Å². The van der Waals surface area contributed by atoms with Gasteiger partial charge in [0.25, 0.3) is 5.89 Å². The van der Waals surface area contributed by atoms with E-state index >= 15 is 0 Å². The molecular weight excluding hydrogens is 408 g/mol. The maximum Gasteiger partial charge on any atom is 0.270 e. The Morgan fingerprint density at radius 2 is 1.88 bits per heavy atom. The van der Waals surface area contributed by atoms with E-state index < -0.39 is 0 Å². The number of aromatic nitrogens is 4. The number of rotatable bonds is 6. The predicted octanol–water partition coefficient (Wildman–Crippen LogP) is 1.27. The molecule has 10 heteroatoms. The summed E-state index contributed by atoms with van der Waals surface area (Å²) in [6, 6.07) is 7.91. The second-order valence-electron chi connectivity index (χ2n) is 8.59. The molecule has 2 fully saturated rings. The lowest BCUT2D eigenvalue weighted by Gasteiger charge is -2.21. The van der Waals surface area contributed by atoms with Gasteiger partial charge in [-0.05, 0) is 36.6 Å². The Morgan fingerprint density at radius 3 is 2.53 bits per heavy atom. The van der Waals surface area contributed by atoms with Crippen LogP contribution in [0.3, 0.4) is 0 Å². The number of nitrogens with one attached hydrogen (secondary N) is 1. The number of fused-ring (bicyclic) bond motifs is 1. The highest BCUT2D eigenvalue weighted by atomic mass is 16.4. The third-order valence-corrected chi connectivity index (χ3v) is 6.24. The second-order valence-corrected chi connectivity index (χ2v) is 8.59. The van der Waals surface area contributed by atoms with Gasteiger partial charge in [0.05, 0.1) is 6.20 Å². The standard InChI is InChI=1S/C22H26N8O2/c1-24-8-12-4-6-13(7-5-12)20-27-28-21(32-20)18-19(23)25-9-16(26-18)30-10-14-15(11-30)17(14)22(31)29(2)3/h4-7,9,14-15,17,24H,8,10-11H2,1-3H3,(H2,23,25)/t14-,15?,17?/m1/s1. The van der Waals surface area contributed by atoms with Crippen LogP contribution in [0.5, 0.6) is 0 Å². The van der Waals surface area contributed by atoms with Gasteiger partial charge in [-0.1, -0.05) is 12.1 Å². The molecule has 3 aromatic rings. The number of benzene rings is 1. The van der Waals surface area contributed by atoms with E-state index in [-0.39, 0.29) is 23.5 Å². The first-order chi connectivity index (χ1) is 15.5. The Bertz CT molecular complexity index is 1130. The van der Waals surface area contributed by atoms with Crippen LogP contribution in [0.25, 0.3) is 23.0 Å². The fraction of sp³-hybridized carbons (Fsp3) is 0.409. The minimum Gasteiger partial charge on any atom is -0.414 e. The molecule has 1 amide bonds. The van der Waals surface area contributed by atoms with E-state index in [1.54, 1.807) is 25.2 Å². The molecule has 0 spiro atoms. The van der Waals surface area contributed by atoms with Gasteiger partial charge < -0.3 is 25.3 Å². The molecule has 2 unspecified atom stereocenters. The molecule has 1 saturated carbocycles. The van der Waals surface area contributed by atoms with Crippen LogP contribution in [-0.2, 0) is 11.3 Å². The van der Waals surface area contributed by atoms with E-state index in [0.717, 1.165) is 30.8 Å². The molecule has 1 saturated heterocycles. The Kier molecular flexibility index (Phi) is 5.01. The number of piperidine rings is 1. The summed E-state index contributed by atoms with van der Waals surface area (Å²) in [5.74, 6) is 2.64. The molecule has 3 atom stereocenters. The number of nitrogens with two attached hydrogens (primary N) is 1. The van der Waals surface area contributed by atoms with Gasteiger partial charge in [-0.15, -0.1) is 10.2 Å². The highest BCUT2D eigenvalue weighted by Crippen LogP contribution is 2.53. The van der Waals surface area contributed by atoms with Gasteiger partial charge >= 0.3 is 0 Å². The number of hydrogen-bond donors (Lipinski definition) is 2. The summed E-state index contributed by atoms with van der Waals surface area (Å²) in [5.41, 5.74) is 8.43. The first-order valence-corrected chi connectivity index (χ1v) is 10.6. The summed E-state index contributed by atoms with van der Waals surface area (Å²) < 4.78 is 5.87. The third-order valence-electron chi connectivity index (χ3n) is 6.24. The number of carbonyl (C=O) groups excluding carboxylic acids is 1. The van der Waals surface area contributed by atoms with E-state index in [4.69, 9.17) is 10.2 Å². The summed E-state index contributed by atoms with van der Waals surface area (Å²) in [4.78, 5) is 25.0. The van der Waals surface area contributed by atoms with Crippen molar-refractivity contribution < 1.29 is 9.21 Å². The SMILES string of the molecule is CNCc1ccc(-c2nnc(-c3nc(N4CC5C(C(=O)N(C)C)[C@@H]5C4)cnc3N)o2)cc1. The molecular formula is C22H26N8O2. The molecule has 10 nitrogen and oxygen atoms in total. The molecule has 0 radical (unpaired) electrons. The largest absolute Gasteiger partial charge is 0.414 e. The number of hydrogen-bond acceptors (Lipinski definition) is 9. The quantitative estimate of drug-likeness (QED) is 0.589. The summed E-state index contributed by atoms with van der Waals surface area (Å²) in [6.45, 7) is 2.35. The first kappa shape index (κ1) is 20.4. The summed E-state index contributed by atoms with van der Waals surface area (Å²) in [6.07, 6.45) is 1.66. The summed E-state index contributed by atoms with van der Waals surface area (Å²) in [5, 5.41) is 11.4. The van der Waals surface area contributed by atoms with Gasteiger partial charge in [-0.2, -0.15) is 0 Å². The van der Waals surface area contributed by atoms with Crippen LogP contribution in [-0.4, -0.2) is 65.2 Å². The lowest BCUT2D eigenvalue weighted by molar-refractivity contribution is -0.130. The van der Waals surface area contributed by atoms with E-state index in [1.165, 1.54) is 0 Å². The van der Waals surface area contributed by atoms with Crippen molar-refractivity contribution in [3.05, 3.63) is 36.0 Å². The zero-order valence-corrected chi connectivity index (χ0v) is 18.3. The minimum atomic E-state index is 0.125. The topological polar surface area (TPSA) is 126 Å². The highest BCUT2D eigenvalue weighted by Gasteiger charge is 2.60. The fourth-order valence-corrected chi connectivity index (χ4v) is 4.48. The third kappa shape index (κ3) is 3.56. The summed E-state index contributed by atoms with van der Waals surface area (Å²) >= 11 is 0. The van der Waals surface area contributed by atoms with Crippen LogP contribution in [0, 0.1) is 17.8 Å². The number of carbonyl (C=O) groups is 1. The second kappa shape index (κ2) is 7.86. The maximum atomic E-state index is 12.2. The van der Waals surface area contributed by atoms with Crippen LogP contribution < -0.4 is 16.0 Å². The van der Waals surface area contributed by atoms with Crippen LogP contribution in [0.15, 0.2) is 34.9 Å². The van der Waals surface area contributed by atoms with E-state index in [9.17, 15) is 4.79 Å². The zero-order chi connectivity index (χ0) is 22.4. The molecule has 2 aliphatic rings. The van der Waals surface area contributed by atoms with Crippen LogP contribution in [0.2, 0.25) is 0 Å². The van der Waals surface area contributed by atoms with Crippen molar-refractivity contribution in [3.8, 4) is 23.0 Å². The predicted molar refractivity (Wildman–Crippen MR) is 119 cm³/mol. The smallest absolute Gasteiger partial charge is 0.270 e. The van der Waals surface area contributed by atoms with E-state index in [0.29, 0.717) is 29.2 Å². The lowest BCUT2D eigenvalue weighted by atomic mass is 10.1. The van der Waals surface area contributed by atoms with E-state index in [2.05, 4.69) is 30.4 Å². The highest BCUT2D eigenvalue weighted by molar-refractivity contribution is 5.82. The van der Waals surface area contributed by atoms with Crippen molar-refractivity contribution in [2.45, 2.75) is 6.54 Å². The summed E-state index contributed by atoms with van der Waals surface area (Å²) in [7, 11) is 5.52. The van der Waals surface area contributed by atoms with Gasteiger partial charge in [0.15, 0.2) is 11.5 Å².